The van der Waals surface area contributed by atoms with Gasteiger partial charge in [-0.1, -0.05) is 43.4 Å². The van der Waals surface area contributed by atoms with Gasteiger partial charge in [0.15, 0.2) is 0 Å². The molecule has 124 valence electrons. The first-order chi connectivity index (χ1) is 10.4. The summed E-state index contributed by atoms with van der Waals surface area (Å²) in [5, 5.41) is 5.14. The standard InChI is InChI=1S/C15H27N4OPS/c1-6-14(3)22-21(20,17-18(4)5)19(7-2)13-16-15-11-9-8-10-12-15/h8-14H,6-7H2,1-5H3,(H,17,20). The van der Waals surface area contributed by atoms with E-state index < -0.39 is 6.65 Å². The molecule has 2 atom stereocenters. The van der Waals surface area contributed by atoms with Crippen molar-refractivity contribution in [3.8, 4) is 0 Å². The highest BCUT2D eigenvalue weighted by Gasteiger charge is 2.31. The fraction of sp³-hybridized carbons (Fsp3) is 0.533. The molecule has 0 fully saturated rings. The minimum Gasteiger partial charge on any atom is -0.293 e. The van der Waals surface area contributed by atoms with E-state index in [2.05, 4.69) is 24.0 Å². The van der Waals surface area contributed by atoms with Crippen molar-refractivity contribution in [2.45, 2.75) is 32.4 Å². The van der Waals surface area contributed by atoms with E-state index in [9.17, 15) is 4.57 Å². The zero-order chi connectivity index (χ0) is 16.6. The minimum absolute atomic E-state index is 0.303. The van der Waals surface area contributed by atoms with Crippen molar-refractivity contribution in [2.24, 2.45) is 4.99 Å². The lowest BCUT2D eigenvalue weighted by Gasteiger charge is -2.32. The van der Waals surface area contributed by atoms with Crippen LogP contribution in [0.1, 0.15) is 27.2 Å². The molecule has 0 radical (unpaired) electrons. The Hall–Kier alpha value is -0.810. The predicted octanol–water partition coefficient (Wildman–Crippen LogP) is 4.37. The third-order valence-corrected chi connectivity index (χ3v) is 8.49. The molecule has 1 aromatic rings. The van der Waals surface area contributed by atoms with E-state index in [0.29, 0.717) is 11.8 Å². The molecule has 22 heavy (non-hydrogen) atoms. The van der Waals surface area contributed by atoms with Crippen molar-refractivity contribution in [3.05, 3.63) is 30.3 Å². The molecule has 0 heterocycles. The van der Waals surface area contributed by atoms with Crippen LogP contribution in [0.25, 0.3) is 0 Å². The summed E-state index contributed by atoms with van der Waals surface area (Å²) < 4.78 is 15.2. The van der Waals surface area contributed by atoms with E-state index >= 15 is 0 Å². The van der Waals surface area contributed by atoms with Gasteiger partial charge >= 0.3 is 6.65 Å². The molecule has 7 heteroatoms. The number of hydrogen-bond acceptors (Lipinski definition) is 4. The summed E-state index contributed by atoms with van der Waals surface area (Å²) in [4.78, 5) is 4.44. The SMILES string of the molecule is CCC(C)SP(=O)(NN(C)C)N(C=Nc1ccccc1)CC. The molecule has 0 aliphatic heterocycles. The van der Waals surface area contributed by atoms with Crippen LogP contribution >= 0.6 is 18.0 Å². The van der Waals surface area contributed by atoms with Gasteiger partial charge < -0.3 is 0 Å². The Bertz CT molecular complexity index is 510. The zero-order valence-electron chi connectivity index (χ0n) is 14.1. The molecule has 0 aliphatic carbocycles. The molecule has 0 aromatic heterocycles. The number of aliphatic imine (C=N–C) groups is 1. The van der Waals surface area contributed by atoms with E-state index in [1.807, 2.05) is 51.4 Å². The molecule has 0 bridgehead atoms. The van der Waals surface area contributed by atoms with Crippen molar-refractivity contribution in [1.82, 2.24) is 14.9 Å². The van der Waals surface area contributed by atoms with Gasteiger partial charge in [-0.25, -0.2) is 10.0 Å². The smallest absolute Gasteiger partial charge is 0.293 e. The fourth-order valence-corrected chi connectivity index (χ4v) is 7.06. The van der Waals surface area contributed by atoms with Crippen LogP contribution < -0.4 is 5.20 Å². The number of hydrogen-bond donors (Lipinski definition) is 1. The van der Waals surface area contributed by atoms with Gasteiger partial charge in [-0.2, -0.15) is 5.20 Å². The van der Waals surface area contributed by atoms with Crippen molar-refractivity contribution >= 4 is 30.1 Å². The third-order valence-electron chi connectivity index (χ3n) is 2.98. The van der Waals surface area contributed by atoms with Gasteiger partial charge in [-0.05, 0) is 25.5 Å². The predicted molar refractivity (Wildman–Crippen MR) is 98.7 cm³/mol. The lowest BCUT2D eigenvalue weighted by Crippen LogP contribution is -2.34. The average molecular weight is 342 g/mol. The second-order valence-corrected chi connectivity index (χ2v) is 10.1. The Labute approximate surface area is 138 Å². The van der Waals surface area contributed by atoms with Gasteiger partial charge in [0, 0.05) is 25.9 Å². The normalized spacial score (nSPS) is 15.9. The van der Waals surface area contributed by atoms with Crippen molar-refractivity contribution < 1.29 is 4.57 Å². The van der Waals surface area contributed by atoms with Gasteiger partial charge in [0.25, 0.3) is 0 Å². The summed E-state index contributed by atoms with van der Waals surface area (Å²) in [6.45, 7) is 3.99. The Morgan fingerprint density at radius 3 is 2.45 bits per heavy atom. The molecule has 0 amide bonds. The third kappa shape index (κ3) is 6.13. The quantitative estimate of drug-likeness (QED) is 0.312. The number of hydrazine groups is 1. The summed E-state index contributed by atoms with van der Waals surface area (Å²) >= 11 is 1.48. The fourth-order valence-electron chi connectivity index (χ4n) is 1.70. The van der Waals surface area contributed by atoms with Crippen LogP contribution in [0, 0.1) is 0 Å². The summed E-state index contributed by atoms with van der Waals surface area (Å²) in [7, 11) is 3.71. The van der Waals surface area contributed by atoms with E-state index in [1.54, 1.807) is 16.0 Å². The molecule has 0 spiro atoms. The van der Waals surface area contributed by atoms with E-state index in [4.69, 9.17) is 0 Å². The minimum atomic E-state index is -2.82. The highest BCUT2D eigenvalue weighted by atomic mass is 32.7. The number of para-hydroxylation sites is 1. The van der Waals surface area contributed by atoms with E-state index in [1.165, 1.54) is 11.4 Å². The first-order valence-corrected chi connectivity index (χ1v) is 10.7. The molecular formula is C15H27N4OPS. The summed E-state index contributed by atoms with van der Waals surface area (Å²) in [5.41, 5.74) is 0.853. The number of nitrogens with one attached hydrogen (secondary N) is 1. The van der Waals surface area contributed by atoms with Crippen LogP contribution in [-0.4, -0.2) is 41.9 Å². The molecule has 1 aromatic carbocycles. The Balaban J connectivity index is 2.97. The Kier molecular flexibility index (Phi) is 8.18. The molecule has 1 N–H and O–H groups in total. The van der Waals surface area contributed by atoms with Crippen molar-refractivity contribution in [1.29, 1.82) is 0 Å². The van der Waals surface area contributed by atoms with Gasteiger partial charge in [-0.15, -0.1) is 0 Å². The maximum atomic E-state index is 13.4. The highest BCUT2D eigenvalue weighted by Crippen LogP contribution is 2.59. The molecule has 0 aliphatic rings. The first-order valence-electron chi connectivity index (χ1n) is 7.51. The average Bonchev–Trinajstić information content (AvgIpc) is 2.47. The first kappa shape index (κ1) is 19.2. The molecular weight excluding hydrogens is 315 g/mol. The second kappa shape index (κ2) is 9.36. The number of rotatable bonds is 9. The summed E-state index contributed by atoms with van der Waals surface area (Å²) in [5.74, 6) is 0. The van der Waals surface area contributed by atoms with Crippen LogP contribution in [0.3, 0.4) is 0 Å². The Morgan fingerprint density at radius 1 is 1.32 bits per heavy atom. The largest absolute Gasteiger partial charge is 0.306 e. The van der Waals surface area contributed by atoms with Crippen LogP contribution in [-0.2, 0) is 4.57 Å². The Morgan fingerprint density at radius 2 is 1.95 bits per heavy atom. The monoisotopic (exact) mass is 342 g/mol. The van der Waals surface area contributed by atoms with Gasteiger partial charge in [0.1, 0.15) is 0 Å². The van der Waals surface area contributed by atoms with E-state index in [0.717, 1.165) is 12.1 Å². The van der Waals surface area contributed by atoms with E-state index in [-0.39, 0.29) is 0 Å². The summed E-state index contributed by atoms with van der Waals surface area (Å²) in [6, 6.07) is 9.68. The summed E-state index contributed by atoms with van der Waals surface area (Å²) in [6.07, 6.45) is 2.65. The van der Waals surface area contributed by atoms with Crippen LogP contribution in [0.2, 0.25) is 0 Å². The second-order valence-electron chi connectivity index (χ2n) is 5.17. The lowest BCUT2D eigenvalue weighted by molar-refractivity contribution is 0.356. The number of benzene rings is 1. The zero-order valence-corrected chi connectivity index (χ0v) is 15.8. The van der Waals surface area contributed by atoms with Gasteiger partial charge in [0.2, 0.25) is 0 Å². The van der Waals surface area contributed by atoms with Crippen LogP contribution in [0.4, 0.5) is 5.69 Å². The topological polar surface area (TPSA) is 47.9 Å². The van der Waals surface area contributed by atoms with Crippen molar-refractivity contribution in [3.63, 3.8) is 0 Å². The molecule has 0 saturated heterocycles. The maximum absolute atomic E-state index is 13.4. The van der Waals surface area contributed by atoms with Gasteiger partial charge in [0.05, 0.1) is 12.0 Å². The van der Waals surface area contributed by atoms with Crippen molar-refractivity contribution in [2.75, 3.05) is 20.6 Å². The van der Waals surface area contributed by atoms with Crippen LogP contribution in [0.15, 0.2) is 35.3 Å². The molecule has 2 unspecified atom stereocenters. The number of nitrogens with zero attached hydrogens (tertiary/aromatic N) is 3. The molecule has 5 nitrogen and oxygen atoms in total. The molecule has 0 saturated carbocycles. The lowest BCUT2D eigenvalue weighted by atomic mass is 10.3. The van der Waals surface area contributed by atoms with Crippen LogP contribution in [0.5, 0.6) is 0 Å². The maximum Gasteiger partial charge on any atom is 0.306 e. The van der Waals surface area contributed by atoms with Gasteiger partial charge in [-0.3, -0.25) is 9.24 Å². The highest BCUT2D eigenvalue weighted by molar-refractivity contribution is 8.57. The molecule has 1 rings (SSSR count).